The number of rotatable bonds is 7. The van der Waals surface area contributed by atoms with Crippen molar-refractivity contribution in [3.05, 3.63) is 36.7 Å². The van der Waals surface area contributed by atoms with E-state index in [1.165, 1.54) is 14.2 Å². The van der Waals surface area contributed by atoms with Gasteiger partial charge in [0, 0.05) is 13.3 Å². The van der Waals surface area contributed by atoms with Gasteiger partial charge in [0.25, 0.3) is 5.56 Å². The first kappa shape index (κ1) is 21.5. The third kappa shape index (κ3) is 4.71. The van der Waals surface area contributed by atoms with Gasteiger partial charge in [-0.1, -0.05) is 0 Å². The number of aromatic amines is 2. The molecule has 12 heteroatoms. The molecule has 0 radical (unpaired) electrons. The van der Waals surface area contributed by atoms with Crippen LogP contribution in [0.15, 0.2) is 9.79 Å². The Morgan fingerprint density at radius 1 is 1.25 bits per heavy atom. The summed E-state index contributed by atoms with van der Waals surface area (Å²) >= 11 is 5.64. The first-order valence-corrected chi connectivity index (χ1v) is 9.00. The van der Waals surface area contributed by atoms with E-state index in [9.17, 15) is 19.5 Å². The summed E-state index contributed by atoms with van der Waals surface area (Å²) in [7, 11) is 2.66. The molecule has 0 saturated carbocycles. The second-order valence-corrected chi connectivity index (χ2v) is 6.69. The van der Waals surface area contributed by atoms with Crippen LogP contribution in [-0.4, -0.2) is 60.7 Å². The van der Waals surface area contributed by atoms with Crippen molar-refractivity contribution in [3.63, 3.8) is 0 Å². The molecule has 2 aromatic heterocycles. The Bertz CT molecular complexity index is 1040. The minimum absolute atomic E-state index is 0.0470. The molecule has 150 valence electrons. The summed E-state index contributed by atoms with van der Waals surface area (Å²) in [5.74, 6) is -1.83. The molecule has 0 aromatic carbocycles. The molecule has 0 fully saturated rings. The number of hydrogen-bond acceptors (Lipinski definition) is 10. The number of carbonyl (C=O) groups is 2. The molecule has 0 bridgehead atoms. The van der Waals surface area contributed by atoms with E-state index in [-0.39, 0.29) is 39.0 Å². The van der Waals surface area contributed by atoms with Crippen LogP contribution < -0.4 is 5.56 Å². The van der Waals surface area contributed by atoms with Crippen LogP contribution in [0.2, 0.25) is 0 Å². The van der Waals surface area contributed by atoms with E-state index in [0.29, 0.717) is 5.56 Å². The number of nitrogens with one attached hydrogen (secondary N) is 2. The molecule has 3 N–H and O–H groups in total. The Kier molecular flexibility index (Phi) is 7.20. The number of carbonyl (C=O) groups excluding carboxylic acids is 2. The number of aliphatic imine (C=N–C) groups is 1. The SMILES string of the molecule is COCCOC(=O)c1sc(/N=C/c2c(O)[nH]c(=S)[nH]c2=O)c(C(=O)OC)c1C. The fourth-order valence-corrected chi connectivity index (χ4v) is 3.36. The van der Waals surface area contributed by atoms with Crippen LogP contribution in [0.4, 0.5) is 5.00 Å². The van der Waals surface area contributed by atoms with Gasteiger partial charge in [0.1, 0.15) is 27.6 Å². The molecule has 0 amide bonds. The van der Waals surface area contributed by atoms with Gasteiger partial charge < -0.3 is 24.3 Å². The number of H-pyrrole nitrogens is 2. The van der Waals surface area contributed by atoms with Crippen LogP contribution in [0.1, 0.15) is 31.2 Å². The fourth-order valence-electron chi connectivity index (χ4n) is 2.14. The number of hydrogen-bond donors (Lipinski definition) is 3. The van der Waals surface area contributed by atoms with Crippen LogP contribution >= 0.6 is 23.6 Å². The summed E-state index contributed by atoms with van der Waals surface area (Å²) in [6.45, 7) is 1.83. The minimum atomic E-state index is -0.706. The molecule has 2 rings (SSSR count). The Balaban J connectivity index is 2.47. The van der Waals surface area contributed by atoms with Gasteiger partial charge in [-0.15, -0.1) is 11.3 Å². The van der Waals surface area contributed by atoms with E-state index in [0.717, 1.165) is 17.6 Å². The Hall–Kier alpha value is -2.83. The zero-order valence-corrected chi connectivity index (χ0v) is 16.8. The van der Waals surface area contributed by atoms with Gasteiger partial charge >= 0.3 is 11.9 Å². The van der Waals surface area contributed by atoms with Gasteiger partial charge in [0.2, 0.25) is 5.88 Å². The summed E-state index contributed by atoms with van der Waals surface area (Å²) in [6, 6.07) is 0. The predicted molar refractivity (Wildman–Crippen MR) is 104 cm³/mol. The van der Waals surface area contributed by atoms with E-state index in [2.05, 4.69) is 15.0 Å². The normalized spacial score (nSPS) is 11.0. The van der Waals surface area contributed by atoms with Gasteiger partial charge in [0.05, 0.1) is 13.7 Å². The molecular formula is C16H17N3O7S2. The Labute approximate surface area is 167 Å². The highest BCUT2D eigenvalue weighted by Gasteiger charge is 2.26. The number of esters is 2. The van der Waals surface area contributed by atoms with Crippen LogP contribution in [0.25, 0.3) is 0 Å². The third-order valence-corrected chi connectivity index (χ3v) is 4.88. The zero-order chi connectivity index (χ0) is 20.8. The molecule has 0 aliphatic carbocycles. The van der Waals surface area contributed by atoms with Crippen molar-refractivity contribution in [3.8, 4) is 5.88 Å². The molecule has 2 aromatic rings. The summed E-state index contributed by atoms with van der Waals surface area (Å²) in [6.07, 6.45) is 1.05. The first-order chi connectivity index (χ1) is 13.3. The maximum atomic E-state index is 12.3. The first-order valence-electron chi connectivity index (χ1n) is 7.77. The number of ether oxygens (including phenoxy) is 3. The van der Waals surface area contributed by atoms with Crippen molar-refractivity contribution >= 4 is 46.7 Å². The second kappa shape index (κ2) is 9.39. The van der Waals surface area contributed by atoms with E-state index >= 15 is 0 Å². The average molecular weight is 427 g/mol. The molecule has 0 spiro atoms. The quantitative estimate of drug-likeness (QED) is 0.263. The maximum absolute atomic E-state index is 12.3. The lowest BCUT2D eigenvalue weighted by atomic mass is 10.1. The largest absolute Gasteiger partial charge is 0.494 e. The standard InChI is InChI=1S/C16H17N3O7S2/c1-7-9(14(22)25-3)13(28-10(7)15(23)26-5-4-24-2)17-6-8-11(20)18-16(27)19-12(8)21/h6H,4-5H2,1-3H3,(H3,18,19,20,21,27)/b17-6+. The maximum Gasteiger partial charge on any atom is 0.348 e. The van der Waals surface area contributed by atoms with Crippen LogP contribution in [0, 0.1) is 11.7 Å². The molecule has 28 heavy (non-hydrogen) atoms. The zero-order valence-electron chi connectivity index (χ0n) is 15.2. The van der Waals surface area contributed by atoms with Crippen molar-refractivity contribution in [2.45, 2.75) is 6.92 Å². The van der Waals surface area contributed by atoms with Crippen molar-refractivity contribution < 1.29 is 28.9 Å². The molecule has 0 unspecified atom stereocenters. The van der Waals surface area contributed by atoms with Gasteiger partial charge in [0.15, 0.2) is 4.77 Å². The number of nitrogens with zero attached hydrogens (tertiary/aromatic N) is 1. The monoisotopic (exact) mass is 427 g/mol. The van der Waals surface area contributed by atoms with Crippen LogP contribution in [-0.2, 0) is 14.2 Å². The molecular weight excluding hydrogens is 410 g/mol. The number of aromatic nitrogens is 2. The Morgan fingerprint density at radius 2 is 1.96 bits per heavy atom. The molecule has 2 heterocycles. The van der Waals surface area contributed by atoms with E-state index in [1.807, 2.05) is 0 Å². The highest BCUT2D eigenvalue weighted by Crippen LogP contribution is 2.36. The Morgan fingerprint density at radius 3 is 2.57 bits per heavy atom. The van der Waals surface area contributed by atoms with E-state index in [4.69, 9.17) is 26.4 Å². The van der Waals surface area contributed by atoms with Gasteiger partial charge in [-0.2, -0.15) is 0 Å². The molecule has 10 nitrogen and oxygen atoms in total. The van der Waals surface area contributed by atoms with Gasteiger partial charge in [-0.3, -0.25) is 9.78 Å². The highest BCUT2D eigenvalue weighted by molar-refractivity contribution is 7.71. The van der Waals surface area contributed by atoms with Crippen LogP contribution in [0.3, 0.4) is 0 Å². The molecule has 0 aliphatic heterocycles. The van der Waals surface area contributed by atoms with E-state index in [1.54, 1.807) is 6.92 Å². The lowest BCUT2D eigenvalue weighted by molar-refractivity contribution is 0.0393. The van der Waals surface area contributed by atoms with Crippen molar-refractivity contribution in [1.82, 2.24) is 9.97 Å². The van der Waals surface area contributed by atoms with Gasteiger partial charge in [-0.05, 0) is 24.7 Å². The second-order valence-electron chi connectivity index (χ2n) is 5.29. The number of aromatic hydroxyl groups is 1. The van der Waals surface area contributed by atoms with Crippen molar-refractivity contribution in [2.75, 3.05) is 27.4 Å². The third-order valence-electron chi connectivity index (χ3n) is 3.49. The number of methoxy groups -OCH3 is 2. The van der Waals surface area contributed by atoms with Gasteiger partial charge in [-0.25, -0.2) is 14.6 Å². The molecule has 0 atom stereocenters. The summed E-state index contributed by atoms with van der Waals surface area (Å²) in [5.41, 5.74) is -0.476. The summed E-state index contributed by atoms with van der Waals surface area (Å²) < 4.78 is 14.6. The fraction of sp³-hybridized carbons (Fsp3) is 0.312. The van der Waals surface area contributed by atoms with Crippen LogP contribution in [0.5, 0.6) is 5.88 Å². The van der Waals surface area contributed by atoms with Crippen molar-refractivity contribution in [1.29, 1.82) is 0 Å². The average Bonchev–Trinajstić information content (AvgIpc) is 2.96. The minimum Gasteiger partial charge on any atom is -0.494 e. The van der Waals surface area contributed by atoms with E-state index < -0.39 is 23.4 Å². The summed E-state index contributed by atoms with van der Waals surface area (Å²) in [4.78, 5) is 45.2. The molecule has 0 saturated heterocycles. The lowest BCUT2D eigenvalue weighted by Crippen LogP contribution is -2.13. The summed E-state index contributed by atoms with van der Waals surface area (Å²) in [5, 5.41) is 9.95. The molecule has 0 aliphatic rings. The topological polar surface area (TPSA) is 143 Å². The lowest BCUT2D eigenvalue weighted by Gasteiger charge is -2.03. The smallest absolute Gasteiger partial charge is 0.348 e. The van der Waals surface area contributed by atoms with Crippen molar-refractivity contribution in [2.24, 2.45) is 4.99 Å². The number of thiophene rings is 1. The predicted octanol–water partition coefficient (Wildman–Crippen LogP) is 1.85. The highest BCUT2D eigenvalue weighted by atomic mass is 32.1.